The average molecular weight is 488 g/mol. The molecular formula is C22H25ClF3N3O4. The standard InChI is InChI=1S/C22H25ClF3N3O4/c23-16-1-2-19-14(7-16)8-18(33-19)11-27-21(31)13-3-5-29(6-4-13)28-20(30)12-32-17-9-15(10-17)22(24,25)26/h1-2,7-8,13,15,17H,3-6,9-12H2,(H,27,31)(H,28,30)/t15-,17+. The molecule has 1 aromatic heterocycles. The molecule has 2 N–H and O–H groups in total. The quantitative estimate of drug-likeness (QED) is 0.620. The van der Waals surface area contributed by atoms with Gasteiger partial charge >= 0.3 is 6.18 Å². The lowest BCUT2D eigenvalue weighted by atomic mass is 9.82. The first-order valence-corrected chi connectivity index (χ1v) is 11.2. The van der Waals surface area contributed by atoms with E-state index in [-0.39, 0.29) is 37.8 Å². The number of hydrogen-bond acceptors (Lipinski definition) is 5. The van der Waals surface area contributed by atoms with Crippen LogP contribution in [0.4, 0.5) is 13.2 Å². The van der Waals surface area contributed by atoms with Crippen LogP contribution in [0.2, 0.25) is 5.02 Å². The van der Waals surface area contributed by atoms with Gasteiger partial charge in [0.15, 0.2) is 0 Å². The number of alkyl halides is 3. The number of carbonyl (C=O) groups excluding carboxylic acids is 2. The average Bonchev–Trinajstić information content (AvgIpc) is 3.12. The number of fused-ring (bicyclic) bond motifs is 1. The number of piperidine rings is 1. The largest absolute Gasteiger partial charge is 0.459 e. The molecule has 180 valence electrons. The van der Waals surface area contributed by atoms with Gasteiger partial charge in [-0.15, -0.1) is 0 Å². The van der Waals surface area contributed by atoms with E-state index in [1.165, 1.54) is 0 Å². The number of amides is 2. The molecule has 11 heteroatoms. The number of rotatable bonds is 7. The summed E-state index contributed by atoms with van der Waals surface area (Å²) in [5, 5.41) is 6.08. The Bertz CT molecular complexity index is 998. The molecule has 2 aliphatic rings. The number of hydrazine groups is 1. The zero-order chi connectivity index (χ0) is 23.6. The van der Waals surface area contributed by atoms with Crippen LogP contribution in [0.25, 0.3) is 11.0 Å². The second kappa shape index (κ2) is 9.90. The van der Waals surface area contributed by atoms with E-state index < -0.39 is 24.1 Å². The van der Waals surface area contributed by atoms with Gasteiger partial charge in [0, 0.05) is 29.4 Å². The first-order chi connectivity index (χ1) is 15.7. The van der Waals surface area contributed by atoms with Crippen LogP contribution in [-0.2, 0) is 20.9 Å². The predicted octanol–water partition coefficient (Wildman–Crippen LogP) is 3.80. The number of carbonyl (C=O) groups is 2. The van der Waals surface area contributed by atoms with Crippen LogP contribution < -0.4 is 10.7 Å². The highest BCUT2D eigenvalue weighted by atomic mass is 35.5. The van der Waals surface area contributed by atoms with Gasteiger partial charge in [0.1, 0.15) is 18.0 Å². The summed E-state index contributed by atoms with van der Waals surface area (Å²) < 4.78 is 48.4. The van der Waals surface area contributed by atoms with E-state index >= 15 is 0 Å². The van der Waals surface area contributed by atoms with Gasteiger partial charge in [-0.2, -0.15) is 13.2 Å². The highest BCUT2D eigenvalue weighted by molar-refractivity contribution is 6.31. The van der Waals surface area contributed by atoms with Crippen LogP contribution in [-0.4, -0.2) is 48.8 Å². The van der Waals surface area contributed by atoms with E-state index in [2.05, 4.69) is 10.7 Å². The van der Waals surface area contributed by atoms with E-state index in [0.29, 0.717) is 42.3 Å². The molecule has 2 heterocycles. The maximum absolute atomic E-state index is 12.5. The first-order valence-electron chi connectivity index (χ1n) is 10.9. The molecule has 1 aromatic carbocycles. The smallest absolute Gasteiger partial charge is 0.392 e. The van der Waals surface area contributed by atoms with Crippen LogP contribution in [0.15, 0.2) is 28.7 Å². The summed E-state index contributed by atoms with van der Waals surface area (Å²) >= 11 is 5.98. The van der Waals surface area contributed by atoms with Gasteiger partial charge in [-0.3, -0.25) is 15.0 Å². The second-order valence-electron chi connectivity index (χ2n) is 8.55. The van der Waals surface area contributed by atoms with Crippen molar-refractivity contribution in [2.24, 2.45) is 11.8 Å². The van der Waals surface area contributed by atoms with E-state index in [1.807, 2.05) is 6.07 Å². The lowest BCUT2D eigenvalue weighted by Crippen LogP contribution is -2.50. The Kier molecular flexibility index (Phi) is 7.16. The Morgan fingerprint density at radius 2 is 1.91 bits per heavy atom. The van der Waals surface area contributed by atoms with E-state index in [1.54, 1.807) is 23.2 Å². The molecule has 2 aromatic rings. The monoisotopic (exact) mass is 487 g/mol. The first kappa shape index (κ1) is 23.8. The van der Waals surface area contributed by atoms with Gasteiger partial charge in [-0.05, 0) is 49.9 Å². The number of nitrogens with zero attached hydrogens (tertiary/aromatic N) is 1. The summed E-state index contributed by atoms with van der Waals surface area (Å²) in [4.78, 5) is 24.5. The molecule has 1 aliphatic carbocycles. The maximum atomic E-state index is 12.5. The molecule has 1 aliphatic heterocycles. The number of nitrogens with one attached hydrogen (secondary N) is 2. The fourth-order valence-corrected chi connectivity index (χ4v) is 4.28. The molecule has 1 saturated carbocycles. The van der Waals surface area contributed by atoms with Crippen molar-refractivity contribution in [3.8, 4) is 0 Å². The van der Waals surface area contributed by atoms with Crippen LogP contribution in [0, 0.1) is 11.8 Å². The Balaban J connectivity index is 1.13. The molecule has 7 nitrogen and oxygen atoms in total. The summed E-state index contributed by atoms with van der Waals surface area (Å²) in [5.74, 6) is -1.35. The van der Waals surface area contributed by atoms with Crippen molar-refractivity contribution in [3.05, 3.63) is 35.0 Å². The van der Waals surface area contributed by atoms with Crippen molar-refractivity contribution in [3.63, 3.8) is 0 Å². The third-order valence-electron chi connectivity index (χ3n) is 6.12. The van der Waals surface area contributed by atoms with Gasteiger partial charge in [0.05, 0.1) is 18.6 Å². The van der Waals surface area contributed by atoms with Gasteiger partial charge in [-0.1, -0.05) is 11.6 Å². The van der Waals surface area contributed by atoms with Crippen molar-refractivity contribution in [1.82, 2.24) is 15.8 Å². The van der Waals surface area contributed by atoms with Crippen LogP contribution >= 0.6 is 11.6 Å². The van der Waals surface area contributed by atoms with Crippen LogP contribution in [0.5, 0.6) is 0 Å². The molecule has 4 rings (SSSR count). The third kappa shape index (κ3) is 6.18. The van der Waals surface area contributed by atoms with E-state index in [9.17, 15) is 22.8 Å². The summed E-state index contributed by atoms with van der Waals surface area (Å²) in [5.41, 5.74) is 3.39. The molecular weight excluding hydrogens is 463 g/mol. The zero-order valence-electron chi connectivity index (χ0n) is 17.8. The normalized spacial score (nSPS) is 22.2. The fraction of sp³-hybridized carbons (Fsp3) is 0.545. The Hall–Kier alpha value is -2.30. The zero-order valence-corrected chi connectivity index (χ0v) is 18.5. The molecule has 0 unspecified atom stereocenters. The van der Waals surface area contributed by atoms with Gasteiger partial charge in [-0.25, -0.2) is 5.01 Å². The summed E-state index contributed by atoms with van der Waals surface area (Å²) in [7, 11) is 0. The molecule has 0 bridgehead atoms. The SMILES string of the molecule is O=C(CO[C@H]1C[C@@H](C(F)(F)F)C1)NN1CCC(C(=O)NCc2cc3cc(Cl)ccc3o2)CC1. The molecule has 0 atom stereocenters. The molecule has 2 amide bonds. The minimum absolute atomic E-state index is 0.0769. The molecule has 2 fully saturated rings. The summed E-state index contributed by atoms with van der Waals surface area (Å²) in [6.45, 7) is 0.979. The van der Waals surface area contributed by atoms with Crippen molar-refractivity contribution in [2.75, 3.05) is 19.7 Å². The maximum Gasteiger partial charge on any atom is 0.392 e. The number of furan rings is 1. The highest BCUT2D eigenvalue weighted by Gasteiger charge is 2.48. The van der Waals surface area contributed by atoms with Crippen LogP contribution in [0.3, 0.4) is 0 Å². The van der Waals surface area contributed by atoms with Gasteiger partial charge in [0.25, 0.3) is 5.91 Å². The van der Waals surface area contributed by atoms with Crippen molar-refractivity contribution in [2.45, 2.75) is 44.5 Å². The van der Waals surface area contributed by atoms with Gasteiger partial charge < -0.3 is 14.5 Å². The van der Waals surface area contributed by atoms with Gasteiger partial charge in [0.2, 0.25) is 5.91 Å². The topological polar surface area (TPSA) is 83.8 Å². The third-order valence-corrected chi connectivity index (χ3v) is 6.36. The minimum Gasteiger partial charge on any atom is -0.459 e. The van der Waals surface area contributed by atoms with E-state index in [0.717, 1.165) is 5.39 Å². The lowest BCUT2D eigenvalue weighted by Gasteiger charge is -2.36. The fourth-order valence-electron chi connectivity index (χ4n) is 4.10. The van der Waals surface area contributed by atoms with Crippen LogP contribution in [0.1, 0.15) is 31.4 Å². The number of halogens is 4. The van der Waals surface area contributed by atoms with Crippen molar-refractivity contribution in [1.29, 1.82) is 0 Å². The molecule has 1 saturated heterocycles. The molecule has 33 heavy (non-hydrogen) atoms. The molecule has 0 spiro atoms. The van der Waals surface area contributed by atoms with Crippen molar-refractivity contribution >= 4 is 34.4 Å². The highest BCUT2D eigenvalue weighted by Crippen LogP contribution is 2.42. The Labute approximate surface area is 193 Å². The minimum atomic E-state index is -4.20. The number of ether oxygens (including phenoxy) is 1. The Morgan fingerprint density at radius 1 is 1.18 bits per heavy atom. The van der Waals surface area contributed by atoms with Crippen molar-refractivity contribution < 1.29 is 31.9 Å². The second-order valence-corrected chi connectivity index (χ2v) is 8.99. The summed E-state index contributed by atoms with van der Waals surface area (Å²) in [6.07, 6.45) is -3.78. The Morgan fingerprint density at radius 3 is 2.61 bits per heavy atom. The van der Waals surface area contributed by atoms with E-state index in [4.69, 9.17) is 20.8 Å². The molecule has 0 radical (unpaired) electrons. The lowest BCUT2D eigenvalue weighted by molar-refractivity contribution is -0.219. The number of benzene rings is 1. The number of hydrogen-bond donors (Lipinski definition) is 2. The predicted molar refractivity (Wildman–Crippen MR) is 114 cm³/mol. The summed E-state index contributed by atoms with van der Waals surface area (Å²) in [6, 6.07) is 7.16.